The van der Waals surface area contributed by atoms with Gasteiger partial charge in [0.2, 0.25) is 5.88 Å². The summed E-state index contributed by atoms with van der Waals surface area (Å²) in [5.41, 5.74) is 0.933. The van der Waals surface area contributed by atoms with Crippen LogP contribution in [0.1, 0.15) is 18.4 Å². The summed E-state index contributed by atoms with van der Waals surface area (Å²) in [7, 11) is 1.83. The first kappa shape index (κ1) is 11.1. The van der Waals surface area contributed by atoms with Crippen molar-refractivity contribution < 1.29 is 9.47 Å². The van der Waals surface area contributed by atoms with E-state index in [1.807, 2.05) is 14.0 Å². The first-order chi connectivity index (χ1) is 7.81. The summed E-state index contributed by atoms with van der Waals surface area (Å²) in [6, 6.07) is 0. The summed E-state index contributed by atoms with van der Waals surface area (Å²) in [4.78, 5) is 8.22. The number of hydrogen-bond donors (Lipinski definition) is 1. The SMILES string of the molecule is CNc1ncnc(OCC2CCCO2)c1C. The Kier molecular flexibility index (Phi) is 3.56. The van der Waals surface area contributed by atoms with Gasteiger partial charge in [0, 0.05) is 13.7 Å². The molecule has 1 aromatic heterocycles. The number of ether oxygens (including phenoxy) is 2. The fraction of sp³-hybridized carbons (Fsp3) is 0.636. The van der Waals surface area contributed by atoms with Gasteiger partial charge in [0.15, 0.2) is 0 Å². The monoisotopic (exact) mass is 223 g/mol. The van der Waals surface area contributed by atoms with Gasteiger partial charge in [-0.3, -0.25) is 0 Å². The summed E-state index contributed by atoms with van der Waals surface area (Å²) >= 11 is 0. The molecule has 0 aromatic carbocycles. The number of nitrogens with one attached hydrogen (secondary N) is 1. The molecule has 5 heteroatoms. The van der Waals surface area contributed by atoms with E-state index in [0.717, 1.165) is 30.8 Å². The van der Waals surface area contributed by atoms with Crippen molar-refractivity contribution in [3.05, 3.63) is 11.9 Å². The predicted molar refractivity (Wildman–Crippen MR) is 60.8 cm³/mol. The third kappa shape index (κ3) is 2.41. The Bertz CT molecular complexity index is 351. The highest BCUT2D eigenvalue weighted by Gasteiger charge is 2.17. The third-order valence-electron chi connectivity index (χ3n) is 2.70. The molecule has 1 N–H and O–H groups in total. The van der Waals surface area contributed by atoms with Crippen LogP contribution in [0.4, 0.5) is 5.82 Å². The number of hydrogen-bond acceptors (Lipinski definition) is 5. The lowest BCUT2D eigenvalue weighted by molar-refractivity contribution is 0.0660. The molecule has 1 unspecified atom stereocenters. The molecule has 1 aliphatic rings. The quantitative estimate of drug-likeness (QED) is 0.835. The van der Waals surface area contributed by atoms with Crippen LogP contribution in [0.15, 0.2) is 6.33 Å². The molecule has 2 rings (SSSR count). The van der Waals surface area contributed by atoms with Crippen LogP contribution in [0.25, 0.3) is 0 Å². The maximum absolute atomic E-state index is 5.65. The highest BCUT2D eigenvalue weighted by atomic mass is 16.5. The van der Waals surface area contributed by atoms with E-state index in [4.69, 9.17) is 9.47 Å². The first-order valence-corrected chi connectivity index (χ1v) is 5.55. The molecule has 5 nitrogen and oxygen atoms in total. The molecule has 16 heavy (non-hydrogen) atoms. The number of nitrogens with zero attached hydrogens (tertiary/aromatic N) is 2. The first-order valence-electron chi connectivity index (χ1n) is 5.55. The molecule has 1 aliphatic heterocycles. The van der Waals surface area contributed by atoms with E-state index >= 15 is 0 Å². The molecular weight excluding hydrogens is 206 g/mol. The second-order valence-electron chi connectivity index (χ2n) is 3.85. The molecule has 0 bridgehead atoms. The average molecular weight is 223 g/mol. The van der Waals surface area contributed by atoms with Gasteiger partial charge in [-0.05, 0) is 19.8 Å². The van der Waals surface area contributed by atoms with Crippen molar-refractivity contribution in [3.8, 4) is 5.88 Å². The molecule has 0 amide bonds. The molecular formula is C11H17N3O2. The van der Waals surface area contributed by atoms with Gasteiger partial charge in [0.05, 0.1) is 11.7 Å². The van der Waals surface area contributed by atoms with Crippen molar-refractivity contribution in [3.63, 3.8) is 0 Å². The molecule has 1 saturated heterocycles. The lowest BCUT2D eigenvalue weighted by atomic mass is 10.2. The van der Waals surface area contributed by atoms with Crippen molar-refractivity contribution in [1.82, 2.24) is 9.97 Å². The Morgan fingerprint density at radius 2 is 2.44 bits per heavy atom. The van der Waals surface area contributed by atoms with Crippen LogP contribution >= 0.6 is 0 Å². The predicted octanol–water partition coefficient (Wildman–Crippen LogP) is 1.38. The average Bonchev–Trinajstić information content (AvgIpc) is 2.81. The molecule has 0 radical (unpaired) electrons. The topological polar surface area (TPSA) is 56.3 Å². The number of rotatable bonds is 4. The molecule has 1 fully saturated rings. The minimum Gasteiger partial charge on any atom is -0.475 e. The van der Waals surface area contributed by atoms with Gasteiger partial charge in [0.25, 0.3) is 0 Å². The Morgan fingerprint density at radius 3 is 3.12 bits per heavy atom. The van der Waals surface area contributed by atoms with E-state index in [9.17, 15) is 0 Å². The number of aromatic nitrogens is 2. The van der Waals surface area contributed by atoms with Crippen LogP contribution in [0, 0.1) is 6.92 Å². The zero-order chi connectivity index (χ0) is 11.4. The van der Waals surface area contributed by atoms with E-state index in [-0.39, 0.29) is 6.10 Å². The standard InChI is InChI=1S/C11H17N3O2/c1-8-10(12-2)13-7-14-11(8)16-6-9-4-3-5-15-9/h7,9H,3-6H2,1-2H3,(H,12,13,14). The maximum atomic E-state index is 5.65. The lowest BCUT2D eigenvalue weighted by Gasteiger charge is -2.13. The van der Waals surface area contributed by atoms with Crippen LogP contribution < -0.4 is 10.1 Å². The van der Waals surface area contributed by atoms with E-state index < -0.39 is 0 Å². The Morgan fingerprint density at radius 1 is 1.56 bits per heavy atom. The summed E-state index contributed by atoms with van der Waals surface area (Å²) in [6.07, 6.45) is 3.91. The van der Waals surface area contributed by atoms with Gasteiger partial charge in [-0.15, -0.1) is 0 Å². The van der Waals surface area contributed by atoms with Crippen LogP contribution in [0.2, 0.25) is 0 Å². The second-order valence-corrected chi connectivity index (χ2v) is 3.85. The van der Waals surface area contributed by atoms with Gasteiger partial charge in [-0.1, -0.05) is 0 Å². The molecule has 1 atom stereocenters. The highest BCUT2D eigenvalue weighted by molar-refractivity contribution is 5.46. The normalized spacial score (nSPS) is 19.8. The van der Waals surface area contributed by atoms with Crippen LogP contribution in [0.3, 0.4) is 0 Å². The van der Waals surface area contributed by atoms with Gasteiger partial charge in [0.1, 0.15) is 18.8 Å². The minimum atomic E-state index is 0.215. The fourth-order valence-corrected chi connectivity index (χ4v) is 1.78. The van der Waals surface area contributed by atoms with Crippen molar-refractivity contribution in [2.45, 2.75) is 25.9 Å². The minimum absolute atomic E-state index is 0.215. The van der Waals surface area contributed by atoms with E-state index in [2.05, 4.69) is 15.3 Å². The van der Waals surface area contributed by atoms with Crippen LogP contribution in [-0.4, -0.2) is 36.3 Å². The lowest BCUT2D eigenvalue weighted by Crippen LogP contribution is -2.17. The van der Waals surface area contributed by atoms with E-state index in [1.54, 1.807) is 0 Å². The Labute approximate surface area is 95.2 Å². The van der Waals surface area contributed by atoms with Gasteiger partial charge >= 0.3 is 0 Å². The van der Waals surface area contributed by atoms with Gasteiger partial charge in [-0.2, -0.15) is 0 Å². The third-order valence-corrected chi connectivity index (χ3v) is 2.70. The largest absolute Gasteiger partial charge is 0.475 e. The van der Waals surface area contributed by atoms with Crippen molar-refractivity contribution in [2.24, 2.45) is 0 Å². The molecule has 0 spiro atoms. The second kappa shape index (κ2) is 5.12. The number of anilines is 1. The van der Waals surface area contributed by atoms with E-state index in [0.29, 0.717) is 12.5 Å². The van der Waals surface area contributed by atoms with Crippen LogP contribution in [-0.2, 0) is 4.74 Å². The van der Waals surface area contributed by atoms with Crippen molar-refractivity contribution in [2.75, 3.05) is 25.6 Å². The van der Waals surface area contributed by atoms with Crippen molar-refractivity contribution in [1.29, 1.82) is 0 Å². The molecule has 0 aliphatic carbocycles. The zero-order valence-corrected chi connectivity index (χ0v) is 9.69. The zero-order valence-electron chi connectivity index (χ0n) is 9.69. The molecule has 2 heterocycles. The van der Waals surface area contributed by atoms with Crippen LogP contribution in [0.5, 0.6) is 5.88 Å². The van der Waals surface area contributed by atoms with E-state index in [1.165, 1.54) is 6.33 Å². The van der Waals surface area contributed by atoms with Gasteiger partial charge in [-0.25, -0.2) is 9.97 Å². The maximum Gasteiger partial charge on any atom is 0.221 e. The fourth-order valence-electron chi connectivity index (χ4n) is 1.78. The summed E-state index contributed by atoms with van der Waals surface area (Å²) in [5.74, 6) is 1.44. The van der Waals surface area contributed by atoms with Gasteiger partial charge < -0.3 is 14.8 Å². The highest BCUT2D eigenvalue weighted by Crippen LogP contribution is 2.21. The summed E-state index contributed by atoms with van der Waals surface area (Å²) in [5, 5.41) is 3.00. The Hall–Kier alpha value is -1.36. The molecule has 0 saturated carbocycles. The Balaban J connectivity index is 1.97. The van der Waals surface area contributed by atoms with Crippen molar-refractivity contribution >= 4 is 5.82 Å². The summed E-state index contributed by atoms with van der Waals surface area (Å²) in [6.45, 7) is 3.36. The summed E-state index contributed by atoms with van der Waals surface area (Å²) < 4.78 is 11.1. The molecule has 88 valence electrons. The molecule has 1 aromatic rings. The smallest absolute Gasteiger partial charge is 0.221 e.